The van der Waals surface area contributed by atoms with Crippen LogP contribution in [0.3, 0.4) is 0 Å². The van der Waals surface area contributed by atoms with Crippen LogP contribution in [0.1, 0.15) is 10.5 Å². The number of ether oxygens (including phenoxy) is 1. The predicted octanol–water partition coefficient (Wildman–Crippen LogP) is 0.823. The summed E-state index contributed by atoms with van der Waals surface area (Å²) in [4.78, 5) is 11.4. The first kappa shape index (κ1) is 12.0. The molecule has 18 heavy (non-hydrogen) atoms. The Kier molecular flexibility index (Phi) is 3.18. The molecule has 3 N–H and O–H groups in total. The Morgan fingerprint density at radius 3 is 2.89 bits per heavy atom. The first-order chi connectivity index (χ1) is 8.65. The monoisotopic (exact) mass is 246 g/mol. The molecule has 2 rings (SSSR count). The summed E-state index contributed by atoms with van der Waals surface area (Å²) in [6, 6.07) is 6.94. The lowest BCUT2D eigenvalue weighted by Crippen LogP contribution is -2.18. The van der Waals surface area contributed by atoms with Crippen LogP contribution in [0.5, 0.6) is 5.75 Å². The lowest BCUT2D eigenvalue weighted by molar-refractivity contribution is 0.0958. The topological polar surface area (TPSA) is 82.2 Å². The summed E-state index contributed by atoms with van der Waals surface area (Å²) in [7, 11) is 3.11. The fraction of sp³-hybridized carbons (Fsp3) is 0.167. The number of hydrogen-bond acceptors (Lipinski definition) is 4. The molecule has 94 valence electrons. The van der Waals surface area contributed by atoms with Gasteiger partial charge in [-0.25, -0.2) is 4.68 Å². The molecular weight excluding hydrogens is 232 g/mol. The van der Waals surface area contributed by atoms with Crippen LogP contribution in [-0.2, 0) is 0 Å². The van der Waals surface area contributed by atoms with Crippen LogP contribution in [0.2, 0.25) is 0 Å². The van der Waals surface area contributed by atoms with Crippen molar-refractivity contribution >= 4 is 11.6 Å². The highest BCUT2D eigenvalue weighted by molar-refractivity contribution is 5.91. The Morgan fingerprint density at radius 2 is 2.22 bits per heavy atom. The second kappa shape index (κ2) is 4.79. The highest BCUT2D eigenvalue weighted by atomic mass is 16.5. The molecule has 0 atom stereocenters. The van der Waals surface area contributed by atoms with Crippen LogP contribution < -0.4 is 15.8 Å². The third-order valence-electron chi connectivity index (χ3n) is 2.53. The second-order valence-electron chi connectivity index (χ2n) is 3.65. The van der Waals surface area contributed by atoms with E-state index in [2.05, 4.69) is 10.4 Å². The largest absolute Gasteiger partial charge is 0.495 e. The highest BCUT2D eigenvalue weighted by Gasteiger charge is 2.09. The van der Waals surface area contributed by atoms with Crippen molar-refractivity contribution in [1.29, 1.82) is 0 Å². The van der Waals surface area contributed by atoms with E-state index in [1.54, 1.807) is 49.3 Å². The van der Waals surface area contributed by atoms with E-state index in [9.17, 15) is 4.79 Å². The third kappa shape index (κ3) is 2.13. The number of rotatable bonds is 3. The Labute approximate surface area is 104 Å². The summed E-state index contributed by atoms with van der Waals surface area (Å²) < 4.78 is 6.73. The van der Waals surface area contributed by atoms with Gasteiger partial charge >= 0.3 is 0 Å². The van der Waals surface area contributed by atoms with E-state index < -0.39 is 0 Å². The number of hydrogen-bond donors (Lipinski definition) is 2. The van der Waals surface area contributed by atoms with Crippen molar-refractivity contribution in [2.75, 3.05) is 19.9 Å². The van der Waals surface area contributed by atoms with Crippen LogP contribution in [0.4, 0.5) is 5.69 Å². The quantitative estimate of drug-likeness (QED) is 0.786. The summed E-state index contributed by atoms with van der Waals surface area (Å²) in [5, 5.41) is 6.68. The molecule has 1 aromatic heterocycles. The summed E-state index contributed by atoms with van der Waals surface area (Å²) in [5.74, 6) is 0.348. The minimum absolute atomic E-state index is 0.226. The van der Waals surface area contributed by atoms with Gasteiger partial charge in [0.15, 0.2) is 5.69 Å². The molecule has 6 heteroatoms. The van der Waals surface area contributed by atoms with E-state index in [-0.39, 0.29) is 5.91 Å². The van der Waals surface area contributed by atoms with Gasteiger partial charge in [0, 0.05) is 19.3 Å². The maximum absolute atomic E-state index is 11.4. The van der Waals surface area contributed by atoms with Crippen LogP contribution in [0.15, 0.2) is 30.5 Å². The zero-order valence-electron chi connectivity index (χ0n) is 10.2. The van der Waals surface area contributed by atoms with E-state index in [4.69, 9.17) is 10.5 Å². The Morgan fingerprint density at radius 1 is 1.44 bits per heavy atom. The number of carbonyl (C=O) groups is 1. The Hall–Kier alpha value is -2.50. The molecule has 6 nitrogen and oxygen atoms in total. The van der Waals surface area contributed by atoms with Gasteiger partial charge in [-0.15, -0.1) is 0 Å². The van der Waals surface area contributed by atoms with Gasteiger partial charge in [0.05, 0.1) is 18.5 Å². The van der Waals surface area contributed by atoms with Crippen LogP contribution in [0.25, 0.3) is 5.69 Å². The fourth-order valence-corrected chi connectivity index (χ4v) is 1.56. The molecule has 0 aliphatic heterocycles. The zero-order valence-corrected chi connectivity index (χ0v) is 10.2. The van der Waals surface area contributed by atoms with Gasteiger partial charge in [-0.1, -0.05) is 0 Å². The van der Waals surface area contributed by atoms with Gasteiger partial charge in [0.1, 0.15) is 5.75 Å². The molecule has 2 aromatic rings. The number of nitrogens with one attached hydrogen (secondary N) is 1. The molecule has 1 heterocycles. The lowest BCUT2D eigenvalue weighted by atomic mass is 10.2. The average molecular weight is 246 g/mol. The van der Waals surface area contributed by atoms with Crippen molar-refractivity contribution in [2.45, 2.75) is 0 Å². The number of nitrogen functional groups attached to an aromatic ring is 1. The molecule has 0 fully saturated rings. The first-order valence-electron chi connectivity index (χ1n) is 5.37. The first-order valence-corrected chi connectivity index (χ1v) is 5.37. The van der Waals surface area contributed by atoms with Crippen LogP contribution in [0, 0.1) is 0 Å². The molecule has 0 radical (unpaired) electrons. The molecule has 0 aliphatic carbocycles. The number of carbonyl (C=O) groups excluding carboxylic acids is 1. The van der Waals surface area contributed by atoms with E-state index in [0.29, 0.717) is 17.1 Å². The standard InChI is InChI=1S/C12H14N4O2/c1-14-12(17)10-5-6-16(15-10)8-3-4-9(13)11(7-8)18-2/h3-7H,13H2,1-2H3,(H,14,17). The SMILES string of the molecule is CNC(=O)c1ccn(-c2ccc(N)c(OC)c2)n1. The van der Waals surface area contributed by atoms with Gasteiger partial charge in [0.2, 0.25) is 0 Å². The van der Waals surface area contributed by atoms with Gasteiger partial charge in [0.25, 0.3) is 5.91 Å². The number of nitrogens with zero attached hydrogens (tertiary/aromatic N) is 2. The van der Waals surface area contributed by atoms with Gasteiger partial charge in [-0.05, 0) is 18.2 Å². The minimum Gasteiger partial charge on any atom is -0.495 e. The van der Waals surface area contributed by atoms with Crippen molar-refractivity contribution in [2.24, 2.45) is 0 Å². The molecular formula is C12H14N4O2. The van der Waals surface area contributed by atoms with Crippen molar-refractivity contribution in [3.8, 4) is 11.4 Å². The molecule has 0 bridgehead atoms. The maximum Gasteiger partial charge on any atom is 0.271 e. The third-order valence-corrected chi connectivity index (χ3v) is 2.53. The van der Waals surface area contributed by atoms with Gasteiger partial charge in [-0.3, -0.25) is 4.79 Å². The average Bonchev–Trinajstić information content (AvgIpc) is 2.88. The van der Waals surface area contributed by atoms with Crippen molar-refractivity contribution in [3.05, 3.63) is 36.2 Å². The van der Waals surface area contributed by atoms with E-state index in [0.717, 1.165) is 5.69 Å². The number of methoxy groups -OCH3 is 1. The minimum atomic E-state index is -0.226. The normalized spacial score (nSPS) is 10.1. The number of aromatic nitrogens is 2. The zero-order chi connectivity index (χ0) is 13.1. The Bertz CT molecular complexity index is 577. The van der Waals surface area contributed by atoms with Gasteiger partial charge in [-0.2, -0.15) is 5.10 Å². The Balaban J connectivity index is 2.37. The molecule has 0 saturated heterocycles. The summed E-state index contributed by atoms with van der Waals surface area (Å²) in [5.41, 5.74) is 7.42. The summed E-state index contributed by atoms with van der Waals surface area (Å²) in [6.07, 6.45) is 1.70. The van der Waals surface area contributed by atoms with Crippen LogP contribution >= 0.6 is 0 Å². The number of amides is 1. The second-order valence-corrected chi connectivity index (χ2v) is 3.65. The van der Waals surface area contributed by atoms with Crippen molar-refractivity contribution in [3.63, 3.8) is 0 Å². The smallest absolute Gasteiger partial charge is 0.271 e. The lowest BCUT2D eigenvalue weighted by Gasteiger charge is -2.07. The predicted molar refractivity (Wildman–Crippen MR) is 67.9 cm³/mol. The van der Waals surface area contributed by atoms with Gasteiger partial charge < -0.3 is 15.8 Å². The highest BCUT2D eigenvalue weighted by Crippen LogP contribution is 2.23. The molecule has 1 aromatic carbocycles. The van der Waals surface area contributed by atoms with Crippen molar-refractivity contribution < 1.29 is 9.53 Å². The molecule has 1 amide bonds. The van der Waals surface area contributed by atoms with E-state index in [1.165, 1.54) is 0 Å². The van der Waals surface area contributed by atoms with Crippen molar-refractivity contribution in [1.82, 2.24) is 15.1 Å². The number of anilines is 1. The fourth-order valence-electron chi connectivity index (χ4n) is 1.56. The summed E-state index contributed by atoms with van der Waals surface area (Å²) in [6.45, 7) is 0. The summed E-state index contributed by atoms with van der Waals surface area (Å²) >= 11 is 0. The van der Waals surface area contributed by atoms with E-state index >= 15 is 0 Å². The number of benzene rings is 1. The molecule has 0 saturated carbocycles. The molecule has 0 unspecified atom stereocenters. The maximum atomic E-state index is 11.4. The molecule has 0 spiro atoms. The molecule has 0 aliphatic rings. The number of nitrogens with two attached hydrogens (primary N) is 1. The van der Waals surface area contributed by atoms with E-state index in [1.807, 2.05) is 0 Å². The van der Waals surface area contributed by atoms with Crippen LogP contribution in [-0.4, -0.2) is 29.8 Å².